The van der Waals surface area contributed by atoms with Gasteiger partial charge in [0, 0.05) is 18.8 Å². The van der Waals surface area contributed by atoms with Crippen LogP contribution in [0.2, 0.25) is 0 Å². The largest absolute Gasteiger partial charge is 0.494 e. The number of nitrogens with zero attached hydrogens (tertiary/aromatic N) is 1. The van der Waals surface area contributed by atoms with E-state index in [0.29, 0.717) is 42.4 Å². The third-order valence-corrected chi connectivity index (χ3v) is 5.25. The number of anilines is 1. The number of ether oxygens (including phenoxy) is 4. The highest BCUT2D eigenvalue weighted by Gasteiger charge is 2.39. The monoisotopic (exact) mass is 468 g/mol. The van der Waals surface area contributed by atoms with Gasteiger partial charge in [-0.1, -0.05) is 6.07 Å². The number of benzene rings is 2. The van der Waals surface area contributed by atoms with E-state index in [0.717, 1.165) is 5.75 Å². The summed E-state index contributed by atoms with van der Waals surface area (Å²) >= 11 is 0. The molecule has 8 heteroatoms. The molecule has 0 bridgehead atoms. The lowest BCUT2D eigenvalue weighted by Crippen LogP contribution is -2.34. The van der Waals surface area contributed by atoms with Gasteiger partial charge in [0.25, 0.3) is 11.8 Å². The Labute approximate surface area is 200 Å². The molecule has 0 aliphatic carbocycles. The maximum atomic E-state index is 13.4. The molecule has 0 radical (unpaired) electrons. The standard InChI is InChI=1S/C26H32N2O6/c1-6-33-20-11-9-19(10-12-20)27-24-23(18-8-13-21(31-4)22(16-18)32-5)25(29)28(26(24)30)14-7-15-34-17(2)3/h8-13,16-17,27H,6-7,14-15H2,1-5H3. The molecule has 0 spiro atoms. The lowest BCUT2D eigenvalue weighted by molar-refractivity contribution is -0.137. The zero-order valence-electron chi connectivity index (χ0n) is 20.3. The van der Waals surface area contributed by atoms with Crippen molar-refractivity contribution in [3.63, 3.8) is 0 Å². The van der Waals surface area contributed by atoms with E-state index in [-0.39, 0.29) is 35.7 Å². The molecule has 0 fully saturated rings. The highest BCUT2D eigenvalue weighted by atomic mass is 16.5. The molecule has 0 saturated carbocycles. The van der Waals surface area contributed by atoms with Gasteiger partial charge in [0.05, 0.1) is 32.5 Å². The van der Waals surface area contributed by atoms with Crippen molar-refractivity contribution in [2.24, 2.45) is 0 Å². The van der Waals surface area contributed by atoms with Gasteiger partial charge in [-0.25, -0.2) is 0 Å². The van der Waals surface area contributed by atoms with Gasteiger partial charge in [0.2, 0.25) is 0 Å². The number of hydrogen-bond acceptors (Lipinski definition) is 7. The molecule has 0 unspecified atom stereocenters. The third kappa shape index (κ3) is 5.69. The van der Waals surface area contributed by atoms with Crippen LogP contribution in [0.5, 0.6) is 17.2 Å². The average Bonchev–Trinajstić information content (AvgIpc) is 3.06. The SMILES string of the molecule is CCOc1ccc(NC2=C(c3ccc(OC)c(OC)c3)C(=O)N(CCCOC(C)C)C2=O)cc1. The minimum atomic E-state index is -0.381. The van der Waals surface area contributed by atoms with E-state index in [9.17, 15) is 9.59 Å². The predicted molar refractivity (Wildman–Crippen MR) is 130 cm³/mol. The second kappa shape index (κ2) is 11.6. The number of methoxy groups -OCH3 is 2. The van der Waals surface area contributed by atoms with Gasteiger partial charge in [-0.15, -0.1) is 0 Å². The van der Waals surface area contributed by atoms with Gasteiger partial charge in [-0.2, -0.15) is 0 Å². The molecule has 2 amide bonds. The van der Waals surface area contributed by atoms with Crippen molar-refractivity contribution in [3.05, 3.63) is 53.7 Å². The molecule has 0 aromatic heterocycles. The van der Waals surface area contributed by atoms with E-state index < -0.39 is 0 Å². The number of imide groups is 1. The summed E-state index contributed by atoms with van der Waals surface area (Å²) in [6.07, 6.45) is 0.632. The first-order valence-corrected chi connectivity index (χ1v) is 11.3. The lowest BCUT2D eigenvalue weighted by atomic mass is 10.0. The number of carbonyl (C=O) groups is 2. The van der Waals surface area contributed by atoms with Crippen molar-refractivity contribution >= 4 is 23.1 Å². The van der Waals surface area contributed by atoms with Crippen molar-refractivity contribution in [3.8, 4) is 17.2 Å². The summed E-state index contributed by atoms with van der Waals surface area (Å²) < 4.78 is 21.8. The molecule has 2 aromatic rings. The highest BCUT2D eigenvalue weighted by molar-refractivity contribution is 6.36. The molecule has 182 valence electrons. The third-order valence-electron chi connectivity index (χ3n) is 5.25. The molecular weight excluding hydrogens is 436 g/mol. The predicted octanol–water partition coefficient (Wildman–Crippen LogP) is 4.11. The van der Waals surface area contributed by atoms with Crippen molar-refractivity contribution in [2.45, 2.75) is 33.3 Å². The van der Waals surface area contributed by atoms with Crippen LogP contribution in [-0.2, 0) is 14.3 Å². The molecule has 2 aromatic carbocycles. The van der Waals surface area contributed by atoms with Crippen LogP contribution in [0.4, 0.5) is 5.69 Å². The van der Waals surface area contributed by atoms with E-state index in [4.69, 9.17) is 18.9 Å². The van der Waals surface area contributed by atoms with Crippen LogP contribution in [-0.4, -0.2) is 56.8 Å². The van der Waals surface area contributed by atoms with E-state index in [1.807, 2.05) is 32.9 Å². The summed E-state index contributed by atoms with van der Waals surface area (Å²) in [7, 11) is 3.07. The van der Waals surface area contributed by atoms with Gasteiger partial charge in [-0.05, 0) is 69.2 Å². The summed E-state index contributed by atoms with van der Waals surface area (Å²) in [5.41, 5.74) is 1.73. The van der Waals surface area contributed by atoms with Crippen molar-refractivity contribution in [1.82, 2.24) is 4.90 Å². The molecule has 3 rings (SSSR count). The van der Waals surface area contributed by atoms with Gasteiger partial charge in [0.15, 0.2) is 11.5 Å². The summed E-state index contributed by atoms with van der Waals surface area (Å²) in [6, 6.07) is 12.4. The minimum absolute atomic E-state index is 0.0855. The van der Waals surface area contributed by atoms with Gasteiger partial charge in [0.1, 0.15) is 11.4 Å². The van der Waals surface area contributed by atoms with Crippen molar-refractivity contribution < 1.29 is 28.5 Å². The Morgan fingerprint density at radius 2 is 1.65 bits per heavy atom. The maximum Gasteiger partial charge on any atom is 0.278 e. The molecular formula is C26H32N2O6. The van der Waals surface area contributed by atoms with Crippen LogP contribution in [0, 0.1) is 0 Å². The Morgan fingerprint density at radius 1 is 0.941 bits per heavy atom. The fourth-order valence-corrected chi connectivity index (χ4v) is 3.64. The van der Waals surface area contributed by atoms with E-state index in [1.54, 1.807) is 37.4 Å². The number of hydrogen-bond donors (Lipinski definition) is 1. The first-order valence-electron chi connectivity index (χ1n) is 11.3. The number of carbonyl (C=O) groups excluding carboxylic acids is 2. The number of nitrogens with one attached hydrogen (secondary N) is 1. The number of amides is 2. The Morgan fingerprint density at radius 3 is 2.26 bits per heavy atom. The summed E-state index contributed by atoms with van der Waals surface area (Å²) in [5, 5.41) is 3.15. The van der Waals surface area contributed by atoms with Crippen LogP contribution in [0.25, 0.3) is 5.57 Å². The minimum Gasteiger partial charge on any atom is -0.494 e. The first-order chi connectivity index (χ1) is 16.4. The topological polar surface area (TPSA) is 86.3 Å². The Kier molecular flexibility index (Phi) is 8.54. The normalized spacial score (nSPS) is 13.6. The number of rotatable bonds is 12. The zero-order valence-corrected chi connectivity index (χ0v) is 20.3. The lowest BCUT2D eigenvalue weighted by Gasteiger charge is -2.16. The van der Waals surface area contributed by atoms with Crippen LogP contribution in [0.15, 0.2) is 48.2 Å². The quantitative estimate of drug-likeness (QED) is 0.371. The molecule has 34 heavy (non-hydrogen) atoms. The summed E-state index contributed by atoms with van der Waals surface area (Å²) in [5.74, 6) is 0.982. The average molecular weight is 469 g/mol. The van der Waals surface area contributed by atoms with Crippen LogP contribution < -0.4 is 19.5 Å². The van der Waals surface area contributed by atoms with E-state index >= 15 is 0 Å². The van der Waals surface area contributed by atoms with Crippen LogP contribution in [0.3, 0.4) is 0 Å². The fraction of sp³-hybridized carbons (Fsp3) is 0.385. The zero-order chi connectivity index (χ0) is 24.7. The van der Waals surface area contributed by atoms with Gasteiger partial charge in [-0.3, -0.25) is 14.5 Å². The van der Waals surface area contributed by atoms with E-state index in [1.165, 1.54) is 12.0 Å². The second-order valence-corrected chi connectivity index (χ2v) is 7.94. The smallest absolute Gasteiger partial charge is 0.278 e. The Hall–Kier alpha value is -3.52. The van der Waals surface area contributed by atoms with Crippen LogP contribution in [0.1, 0.15) is 32.8 Å². The van der Waals surface area contributed by atoms with Gasteiger partial charge >= 0.3 is 0 Å². The first kappa shape index (κ1) is 25.1. The summed E-state index contributed by atoms with van der Waals surface area (Å²) in [6.45, 7) is 7.08. The molecule has 1 heterocycles. The van der Waals surface area contributed by atoms with E-state index in [2.05, 4.69) is 5.32 Å². The van der Waals surface area contributed by atoms with Crippen molar-refractivity contribution in [2.75, 3.05) is 39.3 Å². The molecule has 1 aliphatic heterocycles. The molecule has 0 atom stereocenters. The molecule has 0 saturated heterocycles. The second-order valence-electron chi connectivity index (χ2n) is 7.94. The maximum absolute atomic E-state index is 13.4. The Bertz CT molecular complexity index is 1050. The summed E-state index contributed by atoms with van der Waals surface area (Å²) in [4.78, 5) is 28.0. The highest BCUT2D eigenvalue weighted by Crippen LogP contribution is 2.36. The molecule has 1 N–H and O–H groups in total. The molecule has 1 aliphatic rings. The van der Waals surface area contributed by atoms with Crippen LogP contribution >= 0.6 is 0 Å². The molecule has 8 nitrogen and oxygen atoms in total. The fourth-order valence-electron chi connectivity index (χ4n) is 3.64. The van der Waals surface area contributed by atoms with Crippen molar-refractivity contribution in [1.29, 1.82) is 0 Å². The van der Waals surface area contributed by atoms with Gasteiger partial charge < -0.3 is 24.3 Å². The Balaban J connectivity index is 1.94.